The molecular formula is C10H9ClN4S. The number of halogens is 1. The summed E-state index contributed by atoms with van der Waals surface area (Å²) >= 11 is 10.9. The van der Waals surface area contributed by atoms with Crippen molar-refractivity contribution in [3.05, 3.63) is 41.7 Å². The van der Waals surface area contributed by atoms with Gasteiger partial charge in [-0.1, -0.05) is 17.7 Å². The number of nitrogens with one attached hydrogen (secondary N) is 1. The summed E-state index contributed by atoms with van der Waals surface area (Å²) in [6.45, 7) is 0. The van der Waals surface area contributed by atoms with Gasteiger partial charge in [0.1, 0.15) is 5.69 Å². The van der Waals surface area contributed by atoms with Gasteiger partial charge < -0.3 is 11.1 Å². The number of nitrogens with zero attached hydrogens (tertiary/aromatic N) is 2. The number of hydrogen-bond acceptors (Lipinski definition) is 2. The average Bonchev–Trinajstić information content (AvgIpc) is 2.69. The number of rotatable bonds is 2. The fourth-order valence-electron chi connectivity index (χ4n) is 1.38. The lowest BCUT2D eigenvalue weighted by Crippen LogP contribution is -2.20. The fraction of sp³-hybridized carbons (Fsp3) is 0. The van der Waals surface area contributed by atoms with Gasteiger partial charge in [0.05, 0.1) is 10.7 Å². The van der Waals surface area contributed by atoms with Gasteiger partial charge in [0.2, 0.25) is 0 Å². The lowest BCUT2D eigenvalue weighted by molar-refractivity contribution is 0.883. The quantitative estimate of drug-likeness (QED) is 0.805. The zero-order valence-corrected chi connectivity index (χ0v) is 9.79. The van der Waals surface area contributed by atoms with Crippen LogP contribution >= 0.6 is 23.8 Å². The summed E-state index contributed by atoms with van der Waals surface area (Å²) in [5.74, 6) is 0. The Morgan fingerprint density at radius 3 is 2.88 bits per heavy atom. The SMILES string of the molecule is NC(=S)Nc1cccc(Cl)c1-n1cccn1. The van der Waals surface area contributed by atoms with Crippen molar-refractivity contribution in [2.24, 2.45) is 5.73 Å². The molecule has 1 aromatic carbocycles. The van der Waals surface area contributed by atoms with Gasteiger partial charge in [0, 0.05) is 12.4 Å². The zero-order valence-electron chi connectivity index (χ0n) is 8.22. The maximum atomic E-state index is 6.12. The van der Waals surface area contributed by atoms with E-state index in [0.717, 1.165) is 11.4 Å². The summed E-state index contributed by atoms with van der Waals surface area (Å²) in [5.41, 5.74) is 6.89. The van der Waals surface area contributed by atoms with Crippen LogP contribution in [-0.2, 0) is 0 Å². The smallest absolute Gasteiger partial charge is 0.168 e. The molecule has 0 atom stereocenters. The van der Waals surface area contributed by atoms with Crippen LogP contribution in [0.5, 0.6) is 0 Å². The summed E-state index contributed by atoms with van der Waals surface area (Å²) in [6, 6.07) is 7.25. The Morgan fingerprint density at radius 1 is 1.44 bits per heavy atom. The lowest BCUT2D eigenvalue weighted by Gasteiger charge is -2.12. The molecule has 0 unspecified atom stereocenters. The van der Waals surface area contributed by atoms with Gasteiger partial charge in [0.25, 0.3) is 0 Å². The van der Waals surface area contributed by atoms with Crippen LogP contribution in [0.25, 0.3) is 5.69 Å². The second-order valence-corrected chi connectivity index (χ2v) is 3.92. The number of aromatic nitrogens is 2. The number of thiocarbonyl (C=S) groups is 1. The van der Waals surface area contributed by atoms with Crippen molar-refractivity contribution < 1.29 is 0 Å². The average molecular weight is 253 g/mol. The number of para-hydroxylation sites is 1. The Balaban J connectivity index is 2.53. The minimum atomic E-state index is 0.190. The van der Waals surface area contributed by atoms with Crippen LogP contribution in [-0.4, -0.2) is 14.9 Å². The first-order chi connectivity index (χ1) is 7.68. The predicted molar refractivity (Wildman–Crippen MR) is 69.0 cm³/mol. The molecule has 0 bridgehead atoms. The topological polar surface area (TPSA) is 55.9 Å². The van der Waals surface area contributed by atoms with E-state index >= 15 is 0 Å². The molecule has 16 heavy (non-hydrogen) atoms. The third-order valence-electron chi connectivity index (χ3n) is 1.98. The van der Waals surface area contributed by atoms with E-state index in [9.17, 15) is 0 Å². The molecule has 0 spiro atoms. The van der Waals surface area contributed by atoms with Gasteiger partial charge in [-0.2, -0.15) is 5.10 Å². The summed E-state index contributed by atoms with van der Waals surface area (Å²) in [6.07, 6.45) is 3.47. The third-order valence-corrected chi connectivity index (χ3v) is 2.39. The second kappa shape index (κ2) is 4.51. The molecule has 0 amide bonds. The first kappa shape index (κ1) is 10.9. The summed E-state index contributed by atoms with van der Waals surface area (Å²) in [5, 5.41) is 7.75. The standard InChI is InChI=1S/C10H9ClN4S/c11-7-3-1-4-8(14-10(12)16)9(7)15-6-2-5-13-15/h1-6H,(H3,12,14,16). The molecule has 1 aromatic heterocycles. The highest BCUT2D eigenvalue weighted by molar-refractivity contribution is 7.80. The van der Waals surface area contributed by atoms with Crippen molar-refractivity contribution >= 4 is 34.6 Å². The number of benzene rings is 1. The first-order valence-electron chi connectivity index (χ1n) is 4.53. The highest BCUT2D eigenvalue weighted by Crippen LogP contribution is 2.27. The molecule has 2 aromatic rings. The minimum Gasteiger partial charge on any atom is -0.376 e. The second-order valence-electron chi connectivity index (χ2n) is 3.08. The van der Waals surface area contributed by atoms with Crippen LogP contribution < -0.4 is 11.1 Å². The van der Waals surface area contributed by atoms with Crippen molar-refractivity contribution in [2.45, 2.75) is 0 Å². The third kappa shape index (κ3) is 2.15. The molecule has 0 aliphatic heterocycles. The Labute approximate surface area is 103 Å². The first-order valence-corrected chi connectivity index (χ1v) is 5.32. The summed E-state index contributed by atoms with van der Waals surface area (Å²) in [4.78, 5) is 0. The Morgan fingerprint density at radius 2 is 2.25 bits per heavy atom. The van der Waals surface area contributed by atoms with E-state index in [0.29, 0.717) is 5.02 Å². The fourth-order valence-corrected chi connectivity index (χ4v) is 1.75. The number of nitrogens with two attached hydrogens (primary N) is 1. The van der Waals surface area contributed by atoms with Gasteiger partial charge in [0.15, 0.2) is 5.11 Å². The molecule has 6 heteroatoms. The van der Waals surface area contributed by atoms with Gasteiger partial charge in [-0.25, -0.2) is 4.68 Å². The van der Waals surface area contributed by atoms with Crippen LogP contribution in [0.1, 0.15) is 0 Å². The van der Waals surface area contributed by atoms with Crippen LogP contribution in [0.15, 0.2) is 36.7 Å². The molecule has 3 N–H and O–H groups in total. The van der Waals surface area contributed by atoms with Crippen LogP contribution in [0, 0.1) is 0 Å². The highest BCUT2D eigenvalue weighted by atomic mass is 35.5. The van der Waals surface area contributed by atoms with Gasteiger partial charge in [-0.05, 0) is 30.4 Å². The van der Waals surface area contributed by atoms with Crippen molar-refractivity contribution in [1.29, 1.82) is 0 Å². The van der Waals surface area contributed by atoms with Crippen molar-refractivity contribution in [2.75, 3.05) is 5.32 Å². The number of anilines is 1. The van der Waals surface area contributed by atoms with Crippen LogP contribution in [0.2, 0.25) is 5.02 Å². The van der Waals surface area contributed by atoms with E-state index in [1.54, 1.807) is 23.1 Å². The van der Waals surface area contributed by atoms with Gasteiger partial charge >= 0.3 is 0 Å². The molecule has 2 rings (SSSR count). The molecule has 82 valence electrons. The summed E-state index contributed by atoms with van der Waals surface area (Å²) < 4.78 is 1.66. The van der Waals surface area contributed by atoms with E-state index in [1.807, 2.05) is 18.2 Å². The van der Waals surface area contributed by atoms with Gasteiger partial charge in [-0.3, -0.25) is 0 Å². The molecule has 4 nitrogen and oxygen atoms in total. The zero-order chi connectivity index (χ0) is 11.5. The maximum Gasteiger partial charge on any atom is 0.168 e. The van der Waals surface area contributed by atoms with E-state index in [1.165, 1.54) is 0 Å². The van der Waals surface area contributed by atoms with Crippen molar-refractivity contribution in [3.8, 4) is 5.69 Å². The highest BCUT2D eigenvalue weighted by Gasteiger charge is 2.09. The molecule has 0 aliphatic rings. The Hall–Kier alpha value is -1.59. The molecule has 0 saturated carbocycles. The molecule has 0 fully saturated rings. The largest absolute Gasteiger partial charge is 0.376 e. The lowest BCUT2D eigenvalue weighted by atomic mass is 10.2. The van der Waals surface area contributed by atoms with E-state index in [-0.39, 0.29) is 5.11 Å². The Bertz CT molecular complexity index is 510. The monoisotopic (exact) mass is 252 g/mol. The Kier molecular flexibility index (Phi) is 3.07. The predicted octanol–water partition coefficient (Wildman–Crippen LogP) is 2.18. The molecule has 0 aliphatic carbocycles. The van der Waals surface area contributed by atoms with Crippen LogP contribution in [0.3, 0.4) is 0 Å². The van der Waals surface area contributed by atoms with Crippen molar-refractivity contribution in [1.82, 2.24) is 9.78 Å². The van der Waals surface area contributed by atoms with Gasteiger partial charge in [-0.15, -0.1) is 0 Å². The normalized spacial score (nSPS) is 10.1. The molecule has 0 radical (unpaired) electrons. The minimum absolute atomic E-state index is 0.190. The van der Waals surface area contributed by atoms with E-state index in [4.69, 9.17) is 29.6 Å². The number of hydrogen-bond donors (Lipinski definition) is 2. The van der Waals surface area contributed by atoms with Crippen molar-refractivity contribution in [3.63, 3.8) is 0 Å². The molecule has 0 saturated heterocycles. The molecular weight excluding hydrogens is 244 g/mol. The van der Waals surface area contributed by atoms with E-state index < -0.39 is 0 Å². The van der Waals surface area contributed by atoms with E-state index in [2.05, 4.69) is 10.4 Å². The molecule has 1 heterocycles. The van der Waals surface area contributed by atoms with Crippen LogP contribution in [0.4, 0.5) is 5.69 Å². The maximum absolute atomic E-state index is 6.12. The summed E-state index contributed by atoms with van der Waals surface area (Å²) in [7, 11) is 0.